The molecule has 5 N–H and O–H groups in total. The molecule has 19 heavy (non-hydrogen) atoms. The number of hydrogen-bond acceptors (Lipinski definition) is 4. The van der Waals surface area contributed by atoms with Gasteiger partial charge in [-0.3, -0.25) is 0 Å². The fourth-order valence-electron chi connectivity index (χ4n) is 1.08. The fourth-order valence-corrected chi connectivity index (χ4v) is 1.08. The van der Waals surface area contributed by atoms with E-state index in [1.807, 2.05) is 6.92 Å². The van der Waals surface area contributed by atoms with Crippen LogP contribution < -0.4 is 5.73 Å². The highest BCUT2D eigenvalue weighted by atomic mass is 16.4. The Labute approximate surface area is 110 Å². The van der Waals surface area contributed by atoms with Gasteiger partial charge in [0.25, 0.3) is 0 Å². The number of unbranched alkanes of at least 4 members (excludes halogenated alkanes) is 1. The third-order valence-electron chi connectivity index (χ3n) is 1.97. The number of rotatable bonds is 4. The van der Waals surface area contributed by atoms with Gasteiger partial charge in [0.15, 0.2) is 0 Å². The zero-order chi connectivity index (χ0) is 14.8. The van der Waals surface area contributed by atoms with Gasteiger partial charge in [0.1, 0.15) is 11.3 Å². The molecule has 0 bridgehead atoms. The molecule has 0 aliphatic rings. The number of benzene rings is 1. The van der Waals surface area contributed by atoms with Crippen LogP contribution in [-0.4, -0.2) is 27.3 Å². The summed E-state index contributed by atoms with van der Waals surface area (Å²) in [5.74, 6) is -2.33. The first-order valence-electron chi connectivity index (χ1n) is 5.59. The molecule has 0 aliphatic heterocycles. The van der Waals surface area contributed by atoms with Crippen molar-refractivity contribution in [2.75, 3.05) is 5.73 Å². The molecule has 0 radical (unpaired) electrons. The van der Waals surface area contributed by atoms with Gasteiger partial charge in [0.05, 0.1) is 0 Å². The van der Waals surface area contributed by atoms with Crippen molar-refractivity contribution in [2.24, 2.45) is 0 Å². The Bertz CT molecular complexity index is 468. The molecule has 0 amide bonds. The maximum Gasteiger partial charge on any atom is 0.339 e. The molecule has 0 aliphatic carbocycles. The van der Waals surface area contributed by atoms with Crippen LogP contribution in [0.15, 0.2) is 30.4 Å². The minimum absolute atomic E-state index is 0.140. The molecule has 0 saturated carbocycles. The van der Waals surface area contributed by atoms with Crippen molar-refractivity contribution in [3.63, 3.8) is 0 Å². The zero-order valence-corrected chi connectivity index (χ0v) is 10.5. The average molecular weight is 267 g/mol. The van der Waals surface area contributed by atoms with Crippen LogP contribution in [-0.2, 0) is 4.79 Å². The lowest BCUT2D eigenvalue weighted by Gasteiger charge is -1.98. The smallest absolute Gasteiger partial charge is 0.339 e. The van der Waals surface area contributed by atoms with E-state index in [1.165, 1.54) is 24.3 Å². The van der Waals surface area contributed by atoms with Crippen LogP contribution in [0.2, 0.25) is 0 Å². The van der Waals surface area contributed by atoms with Crippen molar-refractivity contribution < 1.29 is 24.9 Å². The molecule has 104 valence electrons. The normalized spacial score (nSPS) is 9.74. The highest BCUT2D eigenvalue weighted by molar-refractivity contribution is 5.91. The minimum Gasteiger partial charge on any atom is -0.507 e. The summed E-state index contributed by atoms with van der Waals surface area (Å²) in [4.78, 5) is 20.1. The van der Waals surface area contributed by atoms with Gasteiger partial charge >= 0.3 is 11.9 Å². The summed E-state index contributed by atoms with van der Waals surface area (Å²) >= 11 is 0. The molecule has 0 atom stereocenters. The van der Waals surface area contributed by atoms with Crippen molar-refractivity contribution in [2.45, 2.75) is 19.8 Å². The number of aromatic carboxylic acids is 1. The Balaban J connectivity index is 0.000000362. The van der Waals surface area contributed by atoms with E-state index < -0.39 is 11.9 Å². The Morgan fingerprint density at radius 3 is 2.37 bits per heavy atom. The first-order chi connectivity index (χ1) is 8.88. The van der Waals surface area contributed by atoms with E-state index in [4.69, 9.17) is 21.1 Å². The van der Waals surface area contributed by atoms with Gasteiger partial charge in [-0.2, -0.15) is 0 Å². The van der Waals surface area contributed by atoms with E-state index in [1.54, 1.807) is 6.08 Å². The van der Waals surface area contributed by atoms with Gasteiger partial charge < -0.3 is 21.1 Å². The lowest BCUT2D eigenvalue weighted by molar-refractivity contribution is -0.131. The summed E-state index contributed by atoms with van der Waals surface area (Å²) in [7, 11) is 0. The number of aromatic hydroxyl groups is 1. The van der Waals surface area contributed by atoms with E-state index >= 15 is 0 Å². The highest BCUT2D eigenvalue weighted by Crippen LogP contribution is 2.19. The third-order valence-corrected chi connectivity index (χ3v) is 1.97. The number of carboxylic acid groups (broad SMARTS) is 2. The van der Waals surface area contributed by atoms with Crippen LogP contribution in [0.4, 0.5) is 5.69 Å². The van der Waals surface area contributed by atoms with E-state index in [9.17, 15) is 9.59 Å². The number of carboxylic acids is 2. The molecule has 1 aromatic rings. The first kappa shape index (κ1) is 16.5. The summed E-state index contributed by atoms with van der Waals surface area (Å²) in [6, 6.07) is 3.87. The number of phenols is 1. The summed E-state index contributed by atoms with van der Waals surface area (Å²) < 4.78 is 0. The van der Waals surface area contributed by atoms with Crippen LogP contribution in [0.3, 0.4) is 0 Å². The van der Waals surface area contributed by atoms with E-state index in [0.717, 1.165) is 12.8 Å². The lowest BCUT2D eigenvalue weighted by Crippen LogP contribution is -1.97. The number of nitrogen functional groups attached to an aromatic ring is 1. The molecule has 0 spiro atoms. The molecule has 6 heteroatoms. The van der Waals surface area contributed by atoms with Gasteiger partial charge in [-0.1, -0.05) is 19.4 Å². The maximum atomic E-state index is 10.3. The summed E-state index contributed by atoms with van der Waals surface area (Å²) in [6.07, 6.45) is 4.68. The molecule has 6 nitrogen and oxygen atoms in total. The second-order valence-electron chi connectivity index (χ2n) is 3.61. The van der Waals surface area contributed by atoms with Crippen molar-refractivity contribution in [3.05, 3.63) is 35.9 Å². The Kier molecular flexibility index (Phi) is 7.44. The Hall–Kier alpha value is -2.50. The van der Waals surface area contributed by atoms with Gasteiger partial charge in [-0.25, -0.2) is 9.59 Å². The van der Waals surface area contributed by atoms with Crippen molar-refractivity contribution in [3.8, 4) is 5.75 Å². The molecular weight excluding hydrogens is 250 g/mol. The monoisotopic (exact) mass is 267 g/mol. The number of nitrogens with two attached hydrogens (primary N) is 1. The standard InChI is InChI=1S/C7H7NO3.C6H10O2/c8-4-1-2-5(7(10)11)6(9)3-4;1-2-3-4-5-6(7)8/h1-3,9H,8H2,(H,10,11);4-5H,2-3H2,1H3,(H,7,8). The largest absolute Gasteiger partial charge is 0.507 e. The van der Waals surface area contributed by atoms with Gasteiger partial charge in [0, 0.05) is 17.8 Å². The second kappa shape index (κ2) is 8.57. The summed E-state index contributed by atoms with van der Waals surface area (Å²) in [5, 5.41) is 25.5. The van der Waals surface area contributed by atoms with Crippen LogP contribution in [0, 0.1) is 0 Å². The third kappa shape index (κ3) is 7.43. The van der Waals surface area contributed by atoms with Crippen molar-refractivity contribution >= 4 is 17.6 Å². The number of aliphatic carboxylic acids is 1. The Morgan fingerprint density at radius 1 is 1.32 bits per heavy atom. The van der Waals surface area contributed by atoms with Crippen molar-refractivity contribution in [1.82, 2.24) is 0 Å². The van der Waals surface area contributed by atoms with E-state index in [0.29, 0.717) is 5.69 Å². The molecule has 0 heterocycles. The number of anilines is 1. The van der Waals surface area contributed by atoms with Crippen LogP contribution in [0.25, 0.3) is 0 Å². The number of hydrogen-bond donors (Lipinski definition) is 4. The van der Waals surface area contributed by atoms with Crippen molar-refractivity contribution in [1.29, 1.82) is 0 Å². The molecule has 0 unspecified atom stereocenters. The van der Waals surface area contributed by atoms with Crippen LogP contribution in [0.5, 0.6) is 5.75 Å². The van der Waals surface area contributed by atoms with Gasteiger partial charge in [-0.15, -0.1) is 0 Å². The minimum atomic E-state index is -1.16. The second-order valence-corrected chi connectivity index (χ2v) is 3.61. The molecule has 0 saturated heterocycles. The van der Waals surface area contributed by atoms with Gasteiger partial charge in [0.2, 0.25) is 0 Å². The average Bonchev–Trinajstić information content (AvgIpc) is 2.29. The Morgan fingerprint density at radius 2 is 1.95 bits per heavy atom. The highest BCUT2D eigenvalue weighted by Gasteiger charge is 2.07. The zero-order valence-electron chi connectivity index (χ0n) is 10.5. The van der Waals surface area contributed by atoms with Crippen LogP contribution >= 0.6 is 0 Å². The molecule has 1 rings (SSSR count). The first-order valence-corrected chi connectivity index (χ1v) is 5.59. The summed E-state index contributed by atoms with van der Waals surface area (Å²) in [5.41, 5.74) is 5.48. The van der Waals surface area contributed by atoms with E-state index in [2.05, 4.69) is 0 Å². The maximum absolute atomic E-state index is 10.3. The molecule has 0 fully saturated rings. The lowest BCUT2D eigenvalue weighted by atomic mass is 10.2. The number of carbonyl (C=O) groups is 2. The molecule has 0 aromatic heterocycles. The SMILES string of the molecule is CCCC=CC(=O)O.Nc1ccc(C(=O)O)c(O)c1. The summed E-state index contributed by atoms with van der Waals surface area (Å²) in [6.45, 7) is 2.01. The quantitative estimate of drug-likeness (QED) is 0.489. The number of allylic oxidation sites excluding steroid dienone is 1. The molecular formula is C13H17NO5. The topological polar surface area (TPSA) is 121 Å². The van der Waals surface area contributed by atoms with Crippen LogP contribution in [0.1, 0.15) is 30.1 Å². The predicted molar refractivity (Wildman–Crippen MR) is 71.2 cm³/mol. The van der Waals surface area contributed by atoms with E-state index in [-0.39, 0.29) is 11.3 Å². The fraction of sp³-hybridized carbons (Fsp3) is 0.231. The molecule has 1 aromatic carbocycles. The van der Waals surface area contributed by atoms with Gasteiger partial charge in [-0.05, 0) is 18.6 Å². The predicted octanol–water partition coefficient (Wildman–Crippen LogP) is 2.10.